The minimum atomic E-state index is -3.70. The van der Waals surface area contributed by atoms with Crippen molar-refractivity contribution in [3.8, 4) is 50.4 Å². The lowest BCUT2D eigenvalue weighted by Gasteiger charge is -2.11. The second kappa shape index (κ2) is 21.7. The van der Waals surface area contributed by atoms with Crippen LogP contribution in [0.4, 0.5) is 0 Å². The molecule has 0 spiro atoms. The largest absolute Gasteiger partial charge is 0.309 e. The Hall–Kier alpha value is -10.8. The smallest absolute Gasteiger partial charge is 0.206 e. The van der Waals surface area contributed by atoms with E-state index in [-0.39, 0.29) is 9.79 Å². The fraction of sp³-hybridized carbons (Fsp3) is 0. The predicted molar refractivity (Wildman–Crippen MR) is 356 cm³/mol. The summed E-state index contributed by atoms with van der Waals surface area (Å²) in [5.41, 5.74) is 16.2. The highest BCUT2D eigenvalue weighted by molar-refractivity contribution is 7.91. The number of benzene rings is 13. The van der Waals surface area contributed by atoms with E-state index in [1.807, 2.05) is 60.7 Å². The van der Waals surface area contributed by atoms with Crippen LogP contribution in [0.15, 0.2) is 341 Å². The summed E-state index contributed by atoms with van der Waals surface area (Å²) in [6, 6.07) is 106. The molecule has 3 heterocycles. The molecule has 3 aromatic heterocycles. The zero-order valence-electron chi connectivity index (χ0n) is 46.9. The molecule has 16 aromatic rings. The van der Waals surface area contributed by atoms with Crippen LogP contribution in [0.1, 0.15) is 0 Å². The molecule has 0 radical (unpaired) electrons. The number of hydrogen-bond acceptors (Lipinski definition) is 4. The molecule has 0 aliphatic rings. The van der Waals surface area contributed by atoms with Crippen LogP contribution in [0.5, 0.6) is 0 Å². The van der Waals surface area contributed by atoms with Crippen molar-refractivity contribution in [2.24, 2.45) is 0 Å². The van der Waals surface area contributed by atoms with Gasteiger partial charge in [0, 0.05) is 49.4 Å². The van der Waals surface area contributed by atoms with E-state index in [4.69, 9.17) is 0 Å². The molecule has 7 nitrogen and oxygen atoms in total. The van der Waals surface area contributed by atoms with Crippen LogP contribution in [0.2, 0.25) is 0 Å². The van der Waals surface area contributed by atoms with Gasteiger partial charge >= 0.3 is 0 Å². The Kier molecular flexibility index (Phi) is 13.2. The van der Waals surface area contributed by atoms with Gasteiger partial charge < -0.3 is 13.7 Å². The number of nitrogens with zero attached hydrogens (tertiary/aromatic N) is 3. The van der Waals surface area contributed by atoms with Crippen molar-refractivity contribution >= 4 is 85.1 Å². The first-order chi connectivity index (χ1) is 42.7. The van der Waals surface area contributed by atoms with Gasteiger partial charge in [-0.1, -0.05) is 200 Å². The number of fused-ring (bicyclic) bond motifs is 9. The normalized spacial score (nSPS) is 11.9. The maximum atomic E-state index is 13.7. The highest BCUT2D eigenvalue weighted by Crippen LogP contribution is 2.38. The van der Waals surface area contributed by atoms with Crippen molar-refractivity contribution < 1.29 is 16.8 Å². The lowest BCUT2D eigenvalue weighted by Crippen LogP contribution is -2.01. The van der Waals surface area contributed by atoms with Gasteiger partial charge in [0.05, 0.1) is 52.7 Å². The van der Waals surface area contributed by atoms with Gasteiger partial charge in [0.15, 0.2) is 0 Å². The molecule has 0 unspecified atom stereocenters. The SMILES string of the molecule is O=S(=O)(c1ccc(-c2ccc(-n3c4ccccc4c4ccccc43)cc2)cc1)c1ccc(-c2ccc(-n3c4ccccc4c4ccccc43)cc2)cc1.O=S(=O)(c1ccccc1)c1ccc(-c2ccc3c4ccccc4n(-c4ccccc4)c3c2)cc1. The van der Waals surface area contributed by atoms with Gasteiger partial charge in [-0.3, -0.25) is 0 Å². The van der Waals surface area contributed by atoms with Crippen molar-refractivity contribution in [2.45, 2.75) is 19.6 Å². The zero-order valence-corrected chi connectivity index (χ0v) is 48.5. The van der Waals surface area contributed by atoms with E-state index in [0.717, 1.165) is 83.5 Å². The lowest BCUT2D eigenvalue weighted by atomic mass is 10.0. The van der Waals surface area contributed by atoms with E-state index in [1.165, 1.54) is 32.3 Å². The van der Waals surface area contributed by atoms with Crippen molar-refractivity contribution in [2.75, 3.05) is 0 Å². The predicted octanol–water partition coefficient (Wildman–Crippen LogP) is 19.3. The third-order valence-corrected chi connectivity index (χ3v) is 20.2. The van der Waals surface area contributed by atoms with Crippen molar-refractivity contribution in [3.63, 3.8) is 0 Å². The fourth-order valence-corrected chi connectivity index (χ4v) is 14.9. The summed E-state index contributed by atoms with van der Waals surface area (Å²) in [5.74, 6) is 0. The van der Waals surface area contributed by atoms with Gasteiger partial charge in [-0.2, -0.15) is 0 Å². The quantitative estimate of drug-likeness (QED) is 0.137. The third kappa shape index (κ3) is 9.37. The van der Waals surface area contributed by atoms with Crippen LogP contribution >= 0.6 is 0 Å². The molecule has 0 amide bonds. The summed E-state index contributed by atoms with van der Waals surface area (Å²) in [7, 11) is -7.24. The van der Waals surface area contributed by atoms with Crippen LogP contribution in [-0.4, -0.2) is 30.5 Å². The van der Waals surface area contributed by atoms with E-state index < -0.39 is 19.7 Å². The molecule has 0 aliphatic carbocycles. The van der Waals surface area contributed by atoms with Crippen LogP contribution in [-0.2, 0) is 19.7 Å². The molecule has 0 N–H and O–H groups in total. The standard InChI is InChI=1S/C48H32N2O2S.C30H21NO2S/c51-53(52,39-29-21-35(22-30-39)33-17-25-37(26-18-33)49-45-13-5-1-9-41(45)42-10-2-6-14-46(42)49)40-31-23-36(24-32-40)34-19-27-38(28-20-34)50-47-15-7-3-11-43(47)44-12-4-8-16-48(44)50;32-34(33,25-11-5-2-6-12-25)26-18-15-22(16-19-26)23-17-20-28-27-13-7-8-14-29(27)31(30(28)21-23)24-9-3-1-4-10-24/h1-32H;1-21H. The first-order valence-electron chi connectivity index (χ1n) is 28.8. The van der Waals surface area contributed by atoms with Gasteiger partial charge in [-0.05, 0) is 155 Å². The molecule has 0 atom stereocenters. The maximum Gasteiger partial charge on any atom is 0.206 e. The lowest BCUT2D eigenvalue weighted by molar-refractivity contribution is 0.594. The average Bonchev–Trinajstić information content (AvgIpc) is 1.91. The fourth-order valence-electron chi connectivity index (χ4n) is 12.4. The van der Waals surface area contributed by atoms with Crippen LogP contribution in [0.3, 0.4) is 0 Å². The molecule has 9 heteroatoms. The molecule has 0 saturated heterocycles. The minimum Gasteiger partial charge on any atom is -0.309 e. The Morgan fingerprint density at radius 1 is 0.184 bits per heavy atom. The van der Waals surface area contributed by atoms with E-state index >= 15 is 0 Å². The summed E-state index contributed by atoms with van der Waals surface area (Å²) in [6.07, 6.45) is 0. The van der Waals surface area contributed by atoms with Gasteiger partial charge in [0.2, 0.25) is 19.7 Å². The van der Waals surface area contributed by atoms with Crippen LogP contribution in [0, 0.1) is 0 Å². The Morgan fingerprint density at radius 3 is 0.759 bits per heavy atom. The summed E-state index contributed by atoms with van der Waals surface area (Å²) < 4.78 is 60.2. The zero-order chi connectivity index (χ0) is 58.6. The number of sulfone groups is 2. The Morgan fingerprint density at radius 2 is 0.414 bits per heavy atom. The second-order valence-electron chi connectivity index (χ2n) is 21.6. The van der Waals surface area contributed by atoms with Crippen LogP contribution in [0.25, 0.3) is 116 Å². The summed E-state index contributed by atoms with van der Waals surface area (Å²) >= 11 is 0. The van der Waals surface area contributed by atoms with Gasteiger partial charge in [-0.15, -0.1) is 0 Å². The number of hydrogen-bond donors (Lipinski definition) is 0. The number of rotatable bonds is 10. The maximum absolute atomic E-state index is 13.7. The van der Waals surface area contributed by atoms with Gasteiger partial charge in [-0.25, -0.2) is 16.8 Å². The van der Waals surface area contributed by atoms with Crippen molar-refractivity contribution in [3.05, 3.63) is 322 Å². The Bertz CT molecular complexity index is 5170. The average molecular weight is 1160 g/mol. The number of aromatic nitrogens is 3. The molecule has 13 aromatic carbocycles. The topological polar surface area (TPSA) is 83.1 Å². The molecule has 16 rings (SSSR count). The molecule has 0 aliphatic heterocycles. The molecular weight excluding hydrogens is 1110 g/mol. The van der Waals surface area contributed by atoms with Gasteiger partial charge in [0.25, 0.3) is 0 Å². The summed E-state index contributed by atoms with van der Waals surface area (Å²) in [6.45, 7) is 0. The molecular formula is C78H53N3O4S2. The number of para-hydroxylation sites is 6. The Balaban J connectivity index is 0.000000162. The molecule has 416 valence electrons. The molecule has 0 saturated carbocycles. The Labute approximate surface area is 504 Å². The van der Waals surface area contributed by atoms with E-state index in [0.29, 0.717) is 9.79 Å². The summed E-state index contributed by atoms with van der Waals surface area (Å²) in [5, 5.41) is 7.30. The second-order valence-corrected chi connectivity index (χ2v) is 25.5. The van der Waals surface area contributed by atoms with Crippen molar-refractivity contribution in [1.82, 2.24) is 13.7 Å². The molecule has 87 heavy (non-hydrogen) atoms. The van der Waals surface area contributed by atoms with Crippen LogP contribution < -0.4 is 0 Å². The monoisotopic (exact) mass is 1160 g/mol. The van der Waals surface area contributed by atoms with E-state index in [1.54, 1.807) is 60.7 Å². The van der Waals surface area contributed by atoms with E-state index in [2.05, 4.69) is 214 Å². The first-order valence-corrected chi connectivity index (χ1v) is 31.8. The highest BCUT2D eigenvalue weighted by atomic mass is 32.2. The van der Waals surface area contributed by atoms with Gasteiger partial charge in [0.1, 0.15) is 0 Å². The highest BCUT2D eigenvalue weighted by Gasteiger charge is 2.21. The van der Waals surface area contributed by atoms with E-state index in [9.17, 15) is 16.8 Å². The van der Waals surface area contributed by atoms with Crippen molar-refractivity contribution in [1.29, 1.82) is 0 Å². The summed E-state index contributed by atoms with van der Waals surface area (Å²) in [4.78, 5) is 1.14. The molecule has 0 bridgehead atoms. The molecule has 0 fully saturated rings. The third-order valence-electron chi connectivity index (χ3n) is 16.6. The first kappa shape index (κ1) is 52.9. The minimum absolute atomic E-state index is 0.270.